The second-order valence-corrected chi connectivity index (χ2v) is 37.4. The Labute approximate surface area is 631 Å². The Bertz CT molecular complexity index is 3180. The molecule has 20 fully saturated rings. The van der Waals surface area contributed by atoms with Crippen LogP contribution in [0.25, 0.3) is 0 Å². The molecule has 2 spiro atoms. The molecule has 600 valence electrons. The molecule has 0 aromatic carbocycles. The van der Waals surface area contributed by atoms with Crippen molar-refractivity contribution in [2.24, 2.45) is 47.0 Å². The van der Waals surface area contributed by atoms with Crippen molar-refractivity contribution in [2.45, 2.75) is 389 Å². The van der Waals surface area contributed by atoms with Crippen LogP contribution in [0.4, 0.5) is 0 Å². The third-order valence-electron chi connectivity index (χ3n) is 28.4. The summed E-state index contributed by atoms with van der Waals surface area (Å²) in [5.74, 6) is -0.444. The summed E-state index contributed by atoms with van der Waals surface area (Å²) in [7, 11) is -3.67. The summed E-state index contributed by atoms with van der Waals surface area (Å²) in [6, 6.07) is 0. The Morgan fingerprint density at radius 2 is 0.766 bits per heavy atom. The number of Topliss-reactive ketones (excluding diaryl/α,β-unsaturated/α-hetero) is 2. The lowest BCUT2D eigenvalue weighted by Crippen LogP contribution is -2.61. The van der Waals surface area contributed by atoms with Gasteiger partial charge in [-0.15, -0.1) is 0 Å². The van der Waals surface area contributed by atoms with Crippen LogP contribution in [-0.2, 0) is 95.5 Å². The van der Waals surface area contributed by atoms with Gasteiger partial charge in [-0.3, -0.25) is 14.1 Å². The van der Waals surface area contributed by atoms with E-state index in [1.54, 1.807) is 0 Å². The van der Waals surface area contributed by atoms with Crippen LogP contribution < -0.4 is 11.5 Å². The molecular formula is C81H122N2O23S. The number of rotatable bonds is 6. The molecular weight excluding hydrogens is 1400 g/mol. The second-order valence-electron chi connectivity index (χ2n) is 35.9. The molecule has 38 atom stereocenters. The summed E-state index contributed by atoms with van der Waals surface area (Å²) in [6.07, 6.45) is 13.6. The molecule has 20 heterocycles. The number of nitrogens with two attached hydrogens (primary N) is 2. The Morgan fingerprint density at radius 3 is 1.17 bits per heavy atom. The summed E-state index contributed by atoms with van der Waals surface area (Å²) < 4.78 is 134. The van der Waals surface area contributed by atoms with Crippen molar-refractivity contribution in [1.29, 1.82) is 0 Å². The molecule has 7 N–H and O–H groups in total. The van der Waals surface area contributed by atoms with Crippen molar-refractivity contribution in [3.63, 3.8) is 0 Å². The predicted octanol–water partition coefficient (Wildman–Crippen LogP) is 7.62. The van der Waals surface area contributed by atoms with Gasteiger partial charge in [-0.1, -0.05) is 54.0 Å². The van der Waals surface area contributed by atoms with E-state index >= 15 is 0 Å². The van der Waals surface area contributed by atoms with Crippen molar-refractivity contribution in [3.8, 4) is 0 Å². The zero-order valence-corrected chi connectivity index (χ0v) is 64.3. The van der Waals surface area contributed by atoms with Gasteiger partial charge in [-0.05, 0) is 148 Å². The van der Waals surface area contributed by atoms with E-state index < -0.39 is 33.9 Å². The monoisotopic (exact) mass is 1520 g/mol. The van der Waals surface area contributed by atoms with Crippen LogP contribution in [0.5, 0.6) is 0 Å². The average Bonchev–Trinajstić information content (AvgIpc) is 1.55. The fourth-order valence-electron chi connectivity index (χ4n) is 22.6. The highest BCUT2D eigenvalue weighted by atomic mass is 32.2. The van der Waals surface area contributed by atoms with Gasteiger partial charge in [-0.2, -0.15) is 8.42 Å². The third-order valence-corrected chi connectivity index (χ3v) is 28.4. The third kappa shape index (κ3) is 16.3. The van der Waals surface area contributed by atoms with Crippen molar-refractivity contribution in [3.05, 3.63) is 48.6 Å². The standard InChI is InChI=1S/2C40H59NO10.CH4O3S/c2*1-19-11-25-5-7-29-20(2)12-27(44-29)9-10-40-17-34-36(50-40)37-38(49-34)39(51-40)35-30(48-37)8-6-26(46-35)13-23(42)14-28-22(4)31(15-24(43)18-41)47-33(28)16-32(45-25)21(19)3;1-5(2,3)4/h2*19,22,24-39,43H,2-3,5-18,41H2,1,4H3;1H3,(H,2,3,4)/t2*19-,22-,24+,25+,26?,27+,28-,29?,30+,31-,32?,33+,34-,35+,36?,37+,38-,39+,40?;/m11./s1. The van der Waals surface area contributed by atoms with Gasteiger partial charge in [0.15, 0.2) is 11.6 Å². The lowest BCUT2D eigenvalue weighted by atomic mass is 9.78. The van der Waals surface area contributed by atoms with Crippen LogP contribution in [0.3, 0.4) is 0 Å². The Hall–Kier alpha value is -2.59. The molecule has 20 aliphatic rings. The summed E-state index contributed by atoms with van der Waals surface area (Å²) >= 11 is 0. The van der Waals surface area contributed by atoms with Gasteiger partial charge in [0.25, 0.3) is 10.1 Å². The largest absolute Gasteiger partial charge is 0.392 e. The molecule has 0 amide bonds. The van der Waals surface area contributed by atoms with Gasteiger partial charge < -0.3 is 97.5 Å². The highest BCUT2D eigenvalue weighted by molar-refractivity contribution is 7.85. The number of fused-ring (bicyclic) bond motifs is 12. The highest BCUT2D eigenvalue weighted by Gasteiger charge is 2.71. The molecule has 26 heteroatoms. The zero-order valence-electron chi connectivity index (χ0n) is 63.5. The van der Waals surface area contributed by atoms with Crippen molar-refractivity contribution in [1.82, 2.24) is 0 Å². The van der Waals surface area contributed by atoms with E-state index in [2.05, 4.69) is 54.0 Å². The van der Waals surface area contributed by atoms with Gasteiger partial charge in [0.05, 0.1) is 128 Å². The van der Waals surface area contributed by atoms with Crippen molar-refractivity contribution in [2.75, 3.05) is 19.3 Å². The predicted molar refractivity (Wildman–Crippen MR) is 387 cm³/mol. The maximum atomic E-state index is 14.0. The quantitative estimate of drug-likeness (QED) is 0.126. The minimum Gasteiger partial charge on any atom is -0.392 e. The van der Waals surface area contributed by atoms with Gasteiger partial charge in [0.2, 0.25) is 0 Å². The topological polar surface area (TPSA) is 329 Å². The number of aliphatic hydroxyl groups excluding tert-OH is 2. The minimum atomic E-state index is -3.67. The first-order valence-electron chi connectivity index (χ1n) is 41.1. The zero-order chi connectivity index (χ0) is 74.9. The van der Waals surface area contributed by atoms with Gasteiger partial charge in [-0.25, -0.2) is 0 Å². The summed E-state index contributed by atoms with van der Waals surface area (Å²) in [5, 5.41) is 21.0. The van der Waals surface area contributed by atoms with Gasteiger partial charge >= 0.3 is 0 Å². The summed E-state index contributed by atoms with van der Waals surface area (Å²) in [5.41, 5.74) is 16.1. The maximum absolute atomic E-state index is 14.0. The number of ether oxygens (including phenoxy) is 16. The van der Waals surface area contributed by atoms with E-state index in [0.717, 1.165) is 112 Å². The van der Waals surface area contributed by atoms with Crippen LogP contribution in [0.2, 0.25) is 0 Å². The fourth-order valence-corrected chi connectivity index (χ4v) is 22.6. The molecule has 0 saturated carbocycles. The first-order valence-corrected chi connectivity index (χ1v) is 43.0. The Kier molecular flexibility index (Phi) is 23.1. The van der Waals surface area contributed by atoms with Crippen LogP contribution in [0, 0.1) is 35.5 Å². The molecule has 107 heavy (non-hydrogen) atoms. The molecule has 0 aromatic rings. The number of hydrogen-bond acceptors (Lipinski definition) is 24. The second kappa shape index (κ2) is 31.5. The molecule has 20 aliphatic heterocycles. The SMILES string of the molecule is C=C1C[C@@H]2CCC34C[C@H]5O[C@H]6[C@@H](O3)[C@H]3OC(CC[C@@H]3O[C@H]6C5O4)CC(=O)C[C@@H]3[C@@H](C)[C@@H](C[C@H](O)CN)O[C@H]3CC3O[C@@H](CCC1O2)C[C@@H](C)C3=C.C=C1C[C@@H]2CCC34C[C@H]5O[C@H]6[C@@H](O3)[C@H]3OC(CC[C@@H]3O[C@H]6C5O4)CC(=O)C[C@@H]3[C@@H](C)[C@@H](C[C@H](O)CN)O[C@H]3CC3O[C@@H](CCC1O2)C[C@@H](C)C3=C.CS(=O)(=O)O. The smallest absolute Gasteiger partial charge is 0.261 e. The number of ketones is 2. The van der Waals surface area contributed by atoms with E-state index in [1.165, 1.54) is 0 Å². The van der Waals surface area contributed by atoms with Crippen LogP contribution >= 0.6 is 0 Å². The Balaban J connectivity index is 0.000000154. The normalized spacial score (nSPS) is 51.2. The highest BCUT2D eigenvalue weighted by Crippen LogP contribution is 2.58. The number of carbonyl (C=O) groups is 2. The fraction of sp³-hybridized carbons (Fsp3) is 0.877. The molecule has 20 saturated heterocycles. The first-order chi connectivity index (χ1) is 51.1. The van der Waals surface area contributed by atoms with Crippen LogP contribution in [-0.4, -0.2) is 249 Å². The summed E-state index contributed by atoms with van der Waals surface area (Å²) in [4.78, 5) is 28.0. The molecule has 20 rings (SSSR count). The minimum absolute atomic E-state index is 0.00127. The van der Waals surface area contributed by atoms with Crippen LogP contribution in [0.1, 0.15) is 195 Å². The number of hydrogen-bond donors (Lipinski definition) is 5. The van der Waals surface area contributed by atoms with E-state index in [4.69, 9.17) is 91.8 Å². The molecule has 10 unspecified atom stereocenters. The molecule has 25 nitrogen and oxygen atoms in total. The van der Waals surface area contributed by atoms with E-state index in [0.29, 0.717) is 95.1 Å². The maximum Gasteiger partial charge on any atom is 0.261 e. The number of carbonyl (C=O) groups excluding carboxylic acids is 2. The first kappa shape index (κ1) is 78.3. The van der Waals surface area contributed by atoms with Crippen LogP contribution in [0.15, 0.2) is 48.6 Å². The van der Waals surface area contributed by atoms with Crippen molar-refractivity contribution < 1.29 is 109 Å². The lowest BCUT2D eigenvalue weighted by Gasteiger charge is -2.47. The Morgan fingerprint density at radius 1 is 0.411 bits per heavy atom. The summed E-state index contributed by atoms with van der Waals surface area (Å²) in [6.45, 7) is 27.0. The van der Waals surface area contributed by atoms with Gasteiger partial charge in [0, 0.05) is 90.1 Å². The lowest BCUT2D eigenvalue weighted by molar-refractivity contribution is -0.292. The van der Waals surface area contributed by atoms with E-state index in [-0.39, 0.29) is 219 Å². The van der Waals surface area contributed by atoms with Gasteiger partial charge in [0.1, 0.15) is 72.6 Å². The average molecular weight is 1520 g/mol. The van der Waals surface area contributed by atoms with E-state index in [9.17, 15) is 28.2 Å². The van der Waals surface area contributed by atoms with E-state index in [1.807, 2.05) is 0 Å². The van der Waals surface area contributed by atoms with Crippen molar-refractivity contribution >= 4 is 21.7 Å². The number of aliphatic hydroxyl groups is 2. The molecule has 0 aromatic heterocycles. The molecule has 24 bridgehead atoms. The molecule has 0 radical (unpaired) electrons. The molecule has 0 aliphatic carbocycles.